The standard InChI is InChI=1S/C40H22N4O2/c41-23-25-9-4-11-27(21-25)30-15-6-18-33-36(30)37-31(28-12-5-10-26(22-28)24-42)16-7-19-34(37)44(33)35-20-8-17-32-38(35)40(46)43(39(32)45)29-13-2-1-3-14-29/h1-22H. The second-order valence-electron chi connectivity index (χ2n) is 11.1. The Bertz CT molecular complexity index is 2380. The van der Waals surface area contributed by atoms with Crippen LogP contribution in [0.1, 0.15) is 31.8 Å². The van der Waals surface area contributed by atoms with Crippen LogP contribution in [0.4, 0.5) is 5.69 Å². The van der Waals surface area contributed by atoms with E-state index in [1.165, 1.54) is 4.90 Å². The fourth-order valence-electron chi connectivity index (χ4n) is 6.63. The third-order valence-corrected chi connectivity index (χ3v) is 8.57. The summed E-state index contributed by atoms with van der Waals surface area (Å²) >= 11 is 0. The van der Waals surface area contributed by atoms with Crippen molar-refractivity contribution in [3.63, 3.8) is 0 Å². The Balaban J connectivity index is 1.48. The molecule has 46 heavy (non-hydrogen) atoms. The molecule has 0 fully saturated rings. The molecule has 0 atom stereocenters. The molecule has 0 N–H and O–H groups in total. The monoisotopic (exact) mass is 590 g/mol. The zero-order valence-corrected chi connectivity index (χ0v) is 24.3. The first-order chi connectivity index (χ1) is 22.6. The van der Waals surface area contributed by atoms with Gasteiger partial charge in [0.15, 0.2) is 0 Å². The van der Waals surface area contributed by atoms with Crippen molar-refractivity contribution in [2.45, 2.75) is 0 Å². The smallest absolute Gasteiger partial charge is 0.268 e. The van der Waals surface area contributed by atoms with E-state index in [4.69, 9.17) is 0 Å². The van der Waals surface area contributed by atoms with Crippen LogP contribution in [-0.2, 0) is 0 Å². The third-order valence-electron chi connectivity index (χ3n) is 8.57. The number of anilines is 1. The van der Waals surface area contributed by atoms with Crippen LogP contribution in [0.5, 0.6) is 0 Å². The number of nitrogens with zero attached hydrogens (tertiary/aromatic N) is 4. The molecule has 6 heteroatoms. The maximum Gasteiger partial charge on any atom is 0.268 e. The average Bonchev–Trinajstić information content (AvgIpc) is 3.59. The molecular formula is C40H22N4O2. The van der Waals surface area contributed by atoms with E-state index in [1.807, 2.05) is 91.0 Å². The molecule has 2 heterocycles. The predicted octanol–water partition coefficient (Wildman–Crippen LogP) is 8.66. The largest absolute Gasteiger partial charge is 0.308 e. The fraction of sp³-hybridized carbons (Fsp3) is 0. The quantitative estimate of drug-likeness (QED) is 0.192. The first-order valence-electron chi connectivity index (χ1n) is 14.7. The van der Waals surface area contributed by atoms with Gasteiger partial charge < -0.3 is 4.57 Å². The number of fused-ring (bicyclic) bond motifs is 4. The second-order valence-corrected chi connectivity index (χ2v) is 11.1. The Labute approximate surface area is 264 Å². The van der Waals surface area contributed by atoms with Crippen LogP contribution in [0.2, 0.25) is 0 Å². The lowest BCUT2D eigenvalue weighted by molar-refractivity contribution is 0.0926. The van der Waals surface area contributed by atoms with Crippen LogP contribution in [-0.4, -0.2) is 16.4 Å². The Hall–Kier alpha value is -6.76. The summed E-state index contributed by atoms with van der Waals surface area (Å²) in [5.74, 6) is -0.746. The van der Waals surface area contributed by atoms with Crippen LogP contribution in [0.15, 0.2) is 133 Å². The average molecular weight is 591 g/mol. The molecule has 6 nitrogen and oxygen atoms in total. The second kappa shape index (κ2) is 10.4. The van der Waals surface area contributed by atoms with E-state index in [9.17, 15) is 20.1 Å². The van der Waals surface area contributed by atoms with E-state index < -0.39 is 0 Å². The molecule has 0 aliphatic carbocycles. The molecule has 1 aromatic heterocycles. The molecule has 0 saturated carbocycles. The third kappa shape index (κ3) is 3.95. The van der Waals surface area contributed by atoms with Crippen molar-refractivity contribution < 1.29 is 9.59 Å². The van der Waals surface area contributed by atoms with E-state index in [-0.39, 0.29) is 11.8 Å². The van der Waals surface area contributed by atoms with E-state index in [0.29, 0.717) is 33.6 Å². The molecule has 7 aromatic rings. The number of aromatic nitrogens is 1. The van der Waals surface area contributed by atoms with Gasteiger partial charge in [0.1, 0.15) is 0 Å². The summed E-state index contributed by atoms with van der Waals surface area (Å²) in [7, 11) is 0. The SMILES string of the molecule is N#Cc1cccc(-c2cccc3c2c2c(-c4cccc(C#N)c4)cccc2n3-c2cccc3c2C(=O)N(c2ccccc2)C3=O)c1. The van der Waals surface area contributed by atoms with E-state index in [2.05, 4.69) is 16.7 Å². The fourth-order valence-corrected chi connectivity index (χ4v) is 6.63. The normalized spacial score (nSPS) is 12.3. The summed E-state index contributed by atoms with van der Waals surface area (Å²) in [5, 5.41) is 21.2. The lowest BCUT2D eigenvalue weighted by Gasteiger charge is -2.14. The molecular weight excluding hydrogens is 568 g/mol. The summed E-state index contributed by atoms with van der Waals surface area (Å²) in [6.45, 7) is 0. The molecule has 0 radical (unpaired) electrons. The minimum Gasteiger partial charge on any atom is -0.308 e. The highest BCUT2D eigenvalue weighted by atomic mass is 16.2. The molecule has 0 bridgehead atoms. The Kier molecular flexibility index (Phi) is 6.10. The van der Waals surface area contributed by atoms with Crippen LogP contribution < -0.4 is 4.90 Å². The highest BCUT2D eigenvalue weighted by Gasteiger charge is 2.39. The van der Waals surface area contributed by atoms with Crippen molar-refractivity contribution >= 4 is 39.3 Å². The van der Waals surface area contributed by atoms with Crippen molar-refractivity contribution in [3.05, 3.63) is 156 Å². The number of amides is 2. The van der Waals surface area contributed by atoms with Gasteiger partial charge in [0, 0.05) is 10.8 Å². The highest BCUT2D eigenvalue weighted by Crippen LogP contribution is 2.44. The maximum absolute atomic E-state index is 14.1. The highest BCUT2D eigenvalue weighted by molar-refractivity contribution is 6.36. The molecule has 2 amide bonds. The molecule has 0 spiro atoms. The topological polar surface area (TPSA) is 89.9 Å². The number of hydrogen-bond acceptors (Lipinski definition) is 4. The van der Waals surface area contributed by atoms with Gasteiger partial charge in [-0.2, -0.15) is 10.5 Å². The van der Waals surface area contributed by atoms with E-state index in [1.54, 1.807) is 42.5 Å². The number of para-hydroxylation sites is 1. The van der Waals surface area contributed by atoms with Crippen molar-refractivity contribution in [2.75, 3.05) is 4.90 Å². The molecule has 0 saturated heterocycles. The van der Waals surface area contributed by atoms with Crippen molar-refractivity contribution in [2.24, 2.45) is 0 Å². The number of nitriles is 2. The predicted molar refractivity (Wildman–Crippen MR) is 179 cm³/mol. The molecule has 0 unspecified atom stereocenters. The van der Waals surface area contributed by atoms with Crippen LogP contribution in [0, 0.1) is 22.7 Å². The van der Waals surface area contributed by atoms with Crippen molar-refractivity contribution in [1.29, 1.82) is 10.5 Å². The van der Waals surface area contributed by atoms with E-state index >= 15 is 0 Å². The van der Waals surface area contributed by atoms with Crippen LogP contribution in [0.25, 0.3) is 49.7 Å². The van der Waals surface area contributed by atoms with Gasteiger partial charge in [0.2, 0.25) is 0 Å². The zero-order chi connectivity index (χ0) is 31.4. The van der Waals surface area contributed by atoms with Gasteiger partial charge in [-0.25, -0.2) is 4.90 Å². The number of imide groups is 1. The summed E-state index contributed by atoms with van der Waals surface area (Å²) in [5.41, 5.74) is 8.16. The Morgan fingerprint density at radius 3 is 1.59 bits per heavy atom. The summed E-state index contributed by atoms with van der Waals surface area (Å²) in [6.07, 6.45) is 0. The number of rotatable bonds is 4. The van der Waals surface area contributed by atoms with Gasteiger partial charge >= 0.3 is 0 Å². The van der Waals surface area contributed by atoms with Gasteiger partial charge in [-0.3, -0.25) is 9.59 Å². The lowest BCUT2D eigenvalue weighted by atomic mass is 9.94. The van der Waals surface area contributed by atoms with Gasteiger partial charge in [0.25, 0.3) is 11.8 Å². The van der Waals surface area contributed by atoms with Gasteiger partial charge in [0.05, 0.1) is 56.8 Å². The summed E-state index contributed by atoms with van der Waals surface area (Å²) in [6, 6.07) is 45.9. The first-order valence-corrected chi connectivity index (χ1v) is 14.7. The molecule has 8 rings (SSSR count). The summed E-state index contributed by atoms with van der Waals surface area (Å²) in [4.78, 5) is 29.1. The minimum absolute atomic E-state index is 0.337. The minimum atomic E-state index is -0.382. The Morgan fingerprint density at radius 2 is 1.02 bits per heavy atom. The lowest BCUT2D eigenvalue weighted by Crippen LogP contribution is -2.29. The van der Waals surface area contributed by atoms with Crippen molar-refractivity contribution in [1.82, 2.24) is 4.57 Å². The summed E-state index contributed by atoms with van der Waals surface area (Å²) < 4.78 is 2.05. The van der Waals surface area contributed by atoms with Crippen LogP contribution >= 0.6 is 0 Å². The van der Waals surface area contributed by atoms with E-state index in [0.717, 1.165) is 44.1 Å². The Morgan fingerprint density at radius 1 is 0.500 bits per heavy atom. The van der Waals surface area contributed by atoms with Crippen molar-refractivity contribution in [3.8, 4) is 40.1 Å². The number of carbonyl (C=O) groups excluding carboxylic acids is 2. The van der Waals surface area contributed by atoms with Gasteiger partial charge in [-0.15, -0.1) is 0 Å². The molecule has 1 aliphatic rings. The molecule has 214 valence electrons. The molecule has 6 aromatic carbocycles. The number of carbonyl (C=O) groups is 2. The van der Waals surface area contributed by atoms with Crippen LogP contribution in [0.3, 0.4) is 0 Å². The molecule has 1 aliphatic heterocycles. The maximum atomic E-state index is 14.1. The number of hydrogen-bond donors (Lipinski definition) is 0. The zero-order valence-electron chi connectivity index (χ0n) is 24.3. The van der Waals surface area contributed by atoms with Gasteiger partial charge in [-0.1, -0.05) is 72.8 Å². The first kappa shape index (κ1) is 26.8. The number of benzene rings is 6. The van der Waals surface area contributed by atoms with Gasteiger partial charge in [-0.05, 0) is 82.9 Å².